The van der Waals surface area contributed by atoms with Gasteiger partial charge in [-0.2, -0.15) is 11.8 Å². The number of benzene rings is 1. The normalized spacial score (nSPS) is 17.5. The lowest BCUT2D eigenvalue weighted by Crippen LogP contribution is -2.32. The molecule has 6 heteroatoms. The molecule has 3 nitrogen and oxygen atoms in total. The van der Waals surface area contributed by atoms with Gasteiger partial charge in [-0.3, -0.25) is 0 Å². The number of sulfonamides is 1. The Balaban J connectivity index is 2.25. The largest absolute Gasteiger partial charge is 0.241 e. The van der Waals surface area contributed by atoms with Gasteiger partial charge in [-0.05, 0) is 56.2 Å². The van der Waals surface area contributed by atoms with Gasteiger partial charge < -0.3 is 0 Å². The highest BCUT2D eigenvalue weighted by Gasteiger charge is 2.42. The molecule has 0 atom stereocenters. The SMILES string of the molecule is CSC1(CNS(=O)(=O)c2c(C)cc(F)cc2C)CC1. The highest BCUT2D eigenvalue weighted by Crippen LogP contribution is 2.46. The van der Waals surface area contributed by atoms with E-state index in [0.29, 0.717) is 17.7 Å². The average molecular weight is 303 g/mol. The maximum absolute atomic E-state index is 13.2. The molecule has 1 fully saturated rings. The van der Waals surface area contributed by atoms with Crippen LogP contribution >= 0.6 is 11.8 Å². The summed E-state index contributed by atoms with van der Waals surface area (Å²) in [4.78, 5) is 0.200. The van der Waals surface area contributed by atoms with Gasteiger partial charge in [0.2, 0.25) is 10.0 Å². The van der Waals surface area contributed by atoms with Crippen LogP contribution in [0.5, 0.6) is 0 Å². The zero-order valence-corrected chi connectivity index (χ0v) is 12.9. The van der Waals surface area contributed by atoms with Gasteiger partial charge in [-0.25, -0.2) is 17.5 Å². The van der Waals surface area contributed by atoms with Crippen LogP contribution in [0.1, 0.15) is 24.0 Å². The molecule has 0 radical (unpaired) electrons. The van der Waals surface area contributed by atoms with E-state index in [1.807, 2.05) is 6.26 Å². The Kier molecular flexibility index (Phi) is 3.95. The van der Waals surface area contributed by atoms with Crippen molar-refractivity contribution in [2.24, 2.45) is 0 Å². The van der Waals surface area contributed by atoms with Crippen LogP contribution in [0.2, 0.25) is 0 Å². The number of hydrogen-bond donors (Lipinski definition) is 1. The van der Waals surface area contributed by atoms with E-state index in [9.17, 15) is 12.8 Å². The van der Waals surface area contributed by atoms with Crippen LogP contribution in [-0.4, -0.2) is 26.0 Å². The third kappa shape index (κ3) is 3.12. The van der Waals surface area contributed by atoms with Gasteiger partial charge >= 0.3 is 0 Å². The number of rotatable bonds is 5. The predicted octanol–water partition coefficient (Wildman–Crippen LogP) is 2.62. The van der Waals surface area contributed by atoms with Crippen LogP contribution < -0.4 is 4.72 Å². The Bertz CT molecular complexity index is 572. The van der Waals surface area contributed by atoms with E-state index in [4.69, 9.17) is 0 Å². The van der Waals surface area contributed by atoms with Crippen molar-refractivity contribution in [1.29, 1.82) is 0 Å². The van der Waals surface area contributed by atoms with Gasteiger partial charge in [0, 0.05) is 11.3 Å². The molecule has 0 aliphatic heterocycles. The van der Waals surface area contributed by atoms with Crippen LogP contribution in [0.4, 0.5) is 4.39 Å². The molecule has 0 aromatic heterocycles. The molecule has 1 aliphatic carbocycles. The average Bonchev–Trinajstić information content (AvgIpc) is 3.05. The molecule has 106 valence electrons. The van der Waals surface area contributed by atoms with Crippen LogP contribution in [0.3, 0.4) is 0 Å². The molecule has 0 amide bonds. The summed E-state index contributed by atoms with van der Waals surface area (Å²) in [5.41, 5.74) is 0.887. The summed E-state index contributed by atoms with van der Waals surface area (Å²) in [6.45, 7) is 3.67. The molecule has 2 rings (SSSR count). The molecule has 1 aliphatic rings. The fraction of sp³-hybridized carbons (Fsp3) is 0.538. The van der Waals surface area contributed by atoms with Crippen molar-refractivity contribution in [3.05, 3.63) is 29.1 Å². The lowest BCUT2D eigenvalue weighted by atomic mass is 10.1. The lowest BCUT2D eigenvalue weighted by Gasteiger charge is -2.16. The number of hydrogen-bond acceptors (Lipinski definition) is 3. The molecule has 19 heavy (non-hydrogen) atoms. The van der Waals surface area contributed by atoms with Crippen molar-refractivity contribution >= 4 is 21.8 Å². The third-order valence-corrected chi connectivity index (χ3v) is 6.64. The minimum Gasteiger partial charge on any atom is -0.210 e. The standard InChI is InChI=1S/C13H18FNO2S2/c1-9-6-11(14)7-10(2)12(9)19(16,17)15-8-13(18-3)4-5-13/h6-7,15H,4-5,8H2,1-3H3. The van der Waals surface area contributed by atoms with Crippen LogP contribution in [-0.2, 0) is 10.0 Å². The Morgan fingerprint density at radius 3 is 2.26 bits per heavy atom. The number of thioether (sulfide) groups is 1. The first-order valence-corrected chi connectivity index (χ1v) is 8.82. The molecular weight excluding hydrogens is 285 g/mol. The molecule has 0 spiro atoms. The van der Waals surface area contributed by atoms with Gasteiger partial charge in [0.1, 0.15) is 5.82 Å². The van der Waals surface area contributed by atoms with Gasteiger partial charge in [0.15, 0.2) is 0 Å². The van der Waals surface area contributed by atoms with Crippen molar-refractivity contribution < 1.29 is 12.8 Å². The first kappa shape index (κ1) is 14.8. The first-order valence-electron chi connectivity index (χ1n) is 6.11. The molecule has 1 saturated carbocycles. The molecule has 0 saturated heterocycles. The molecule has 1 aromatic carbocycles. The molecule has 0 unspecified atom stereocenters. The Morgan fingerprint density at radius 2 is 1.84 bits per heavy atom. The van der Waals surface area contributed by atoms with Gasteiger partial charge in [-0.1, -0.05) is 0 Å². The van der Waals surface area contributed by atoms with Crippen LogP contribution in [0.25, 0.3) is 0 Å². The van der Waals surface area contributed by atoms with E-state index in [1.54, 1.807) is 25.6 Å². The van der Waals surface area contributed by atoms with Crippen molar-refractivity contribution in [2.45, 2.75) is 36.3 Å². The highest BCUT2D eigenvalue weighted by molar-refractivity contribution is 8.00. The number of aryl methyl sites for hydroxylation is 2. The van der Waals surface area contributed by atoms with E-state index in [0.717, 1.165) is 12.8 Å². The maximum atomic E-state index is 13.2. The Morgan fingerprint density at radius 1 is 1.32 bits per heavy atom. The maximum Gasteiger partial charge on any atom is 0.241 e. The molecule has 0 bridgehead atoms. The highest BCUT2D eigenvalue weighted by atomic mass is 32.2. The van der Waals surface area contributed by atoms with Crippen LogP contribution in [0, 0.1) is 19.7 Å². The van der Waals surface area contributed by atoms with Crippen molar-refractivity contribution in [3.63, 3.8) is 0 Å². The monoisotopic (exact) mass is 303 g/mol. The fourth-order valence-corrected chi connectivity index (χ4v) is 4.61. The van der Waals surface area contributed by atoms with E-state index in [-0.39, 0.29) is 9.64 Å². The smallest absolute Gasteiger partial charge is 0.210 e. The second-order valence-electron chi connectivity index (χ2n) is 5.08. The molecule has 0 heterocycles. The zero-order chi connectivity index (χ0) is 14.3. The number of halogens is 1. The Hall–Kier alpha value is -0.590. The molecule has 1 aromatic rings. The predicted molar refractivity (Wildman–Crippen MR) is 76.5 cm³/mol. The zero-order valence-electron chi connectivity index (χ0n) is 11.3. The van der Waals surface area contributed by atoms with Gasteiger partial charge in [-0.15, -0.1) is 0 Å². The van der Waals surface area contributed by atoms with Crippen LogP contribution in [0.15, 0.2) is 17.0 Å². The van der Waals surface area contributed by atoms with Gasteiger partial charge in [0.05, 0.1) is 4.90 Å². The second kappa shape index (κ2) is 5.07. The summed E-state index contributed by atoms with van der Waals surface area (Å²) in [7, 11) is -3.57. The summed E-state index contributed by atoms with van der Waals surface area (Å²) in [5, 5.41) is 0. The Labute approximate surface area is 118 Å². The number of nitrogens with one attached hydrogen (secondary N) is 1. The van der Waals surface area contributed by atoms with Crippen molar-refractivity contribution in [2.75, 3.05) is 12.8 Å². The van der Waals surface area contributed by atoms with Crippen molar-refractivity contribution in [1.82, 2.24) is 4.72 Å². The minimum atomic E-state index is -3.57. The molecular formula is C13H18FNO2S2. The van der Waals surface area contributed by atoms with Crippen molar-refractivity contribution in [3.8, 4) is 0 Å². The van der Waals surface area contributed by atoms with E-state index in [1.165, 1.54) is 12.1 Å². The summed E-state index contributed by atoms with van der Waals surface area (Å²) in [6.07, 6.45) is 4.08. The lowest BCUT2D eigenvalue weighted by molar-refractivity contribution is 0.577. The third-order valence-electron chi connectivity index (χ3n) is 3.52. The summed E-state index contributed by atoms with van der Waals surface area (Å²) in [6, 6.07) is 2.51. The fourth-order valence-electron chi connectivity index (χ4n) is 2.21. The van der Waals surface area contributed by atoms with Gasteiger partial charge in [0.25, 0.3) is 0 Å². The topological polar surface area (TPSA) is 46.2 Å². The first-order chi connectivity index (χ1) is 8.80. The van der Waals surface area contributed by atoms with E-state index in [2.05, 4.69) is 4.72 Å². The second-order valence-corrected chi connectivity index (χ2v) is 8.06. The summed E-state index contributed by atoms with van der Waals surface area (Å²) >= 11 is 1.70. The minimum absolute atomic E-state index is 0.0644. The summed E-state index contributed by atoms with van der Waals surface area (Å²) < 4.78 is 40.6. The van der Waals surface area contributed by atoms with E-state index >= 15 is 0 Å². The molecule has 1 N–H and O–H groups in total. The quantitative estimate of drug-likeness (QED) is 0.909. The van der Waals surface area contributed by atoms with E-state index < -0.39 is 15.8 Å². The summed E-state index contributed by atoms with van der Waals surface area (Å²) in [5.74, 6) is -0.406.